The van der Waals surface area contributed by atoms with Gasteiger partial charge in [0, 0.05) is 31.1 Å². The molecule has 1 aliphatic heterocycles. The number of benzene rings is 1. The summed E-state index contributed by atoms with van der Waals surface area (Å²) in [7, 11) is 1.92. The maximum absolute atomic E-state index is 12.9. The number of aryl methyl sites for hydroxylation is 1. The van der Waals surface area contributed by atoms with Crippen LogP contribution in [-0.4, -0.2) is 43.6 Å². The number of fused-ring (bicyclic) bond motifs is 2. The van der Waals surface area contributed by atoms with Crippen molar-refractivity contribution in [3.63, 3.8) is 0 Å². The van der Waals surface area contributed by atoms with Gasteiger partial charge in [-0.25, -0.2) is 9.97 Å². The van der Waals surface area contributed by atoms with Crippen molar-refractivity contribution in [2.75, 3.05) is 18.8 Å². The molecule has 0 radical (unpaired) electrons. The second-order valence-electron chi connectivity index (χ2n) is 7.15. The molecule has 2 N–H and O–H groups in total. The molecule has 8 heteroatoms. The first-order valence-corrected chi connectivity index (χ1v) is 10.2. The monoisotopic (exact) mass is 392 g/mol. The molecule has 0 bridgehead atoms. The lowest BCUT2D eigenvalue weighted by atomic mass is 10.1. The zero-order valence-electron chi connectivity index (χ0n) is 15.6. The lowest BCUT2D eigenvalue weighted by Gasteiger charge is -2.26. The number of anilines is 1. The summed E-state index contributed by atoms with van der Waals surface area (Å²) in [5, 5.41) is 5.33. The van der Waals surface area contributed by atoms with Crippen molar-refractivity contribution in [2.24, 2.45) is 7.05 Å². The van der Waals surface area contributed by atoms with Crippen LogP contribution in [0.5, 0.6) is 0 Å². The minimum absolute atomic E-state index is 0.000305. The van der Waals surface area contributed by atoms with Crippen LogP contribution in [0.3, 0.4) is 0 Å². The van der Waals surface area contributed by atoms with Gasteiger partial charge >= 0.3 is 0 Å². The molecule has 4 heterocycles. The van der Waals surface area contributed by atoms with Crippen LogP contribution in [0, 0.1) is 0 Å². The number of carbonyl (C=O) groups is 1. The topological polar surface area (TPSA) is 89.9 Å². The lowest BCUT2D eigenvalue weighted by molar-refractivity contribution is 0.0730. The molecule has 28 heavy (non-hydrogen) atoms. The normalized spacial score (nSPS) is 14.8. The zero-order valence-corrected chi connectivity index (χ0v) is 16.4. The van der Waals surface area contributed by atoms with Crippen LogP contribution < -0.4 is 5.73 Å². The van der Waals surface area contributed by atoms with Gasteiger partial charge in [-0.1, -0.05) is 6.07 Å². The Hall–Kier alpha value is -3.00. The molecular weight excluding hydrogens is 372 g/mol. The second kappa shape index (κ2) is 6.56. The van der Waals surface area contributed by atoms with Gasteiger partial charge in [0.25, 0.3) is 5.91 Å². The molecule has 1 saturated heterocycles. The van der Waals surface area contributed by atoms with Crippen LogP contribution in [0.4, 0.5) is 5.69 Å². The van der Waals surface area contributed by atoms with Crippen LogP contribution in [-0.2, 0) is 7.05 Å². The molecular formula is C20H20N6OS. The predicted octanol–water partition coefficient (Wildman–Crippen LogP) is 3.45. The fourth-order valence-electron chi connectivity index (χ4n) is 3.75. The Morgan fingerprint density at radius 3 is 2.82 bits per heavy atom. The predicted molar refractivity (Wildman–Crippen MR) is 111 cm³/mol. The molecule has 3 aromatic heterocycles. The highest BCUT2D eigenvalue weighted by Gasteiger charge is 2.24. The number of carbonyl (C=O) groups excluding carboxylic acids is 1. The Morgan fingerprint density at radius 1 is 1.18 bits per heavy atom. The van der Waals surface area contributed by atoms with Gasteiger partial charge in [0.05, 0.1) is 29.3 Å². The number of thiophene rings is 1. The van der Waals surface area contributed by atoms with E-state index in [2.05, 4.69) is 16.1 Å². The van der Waals surface area contributed by atoms with Gasteiger partial charge in [0.1, 0.15) is 15.2 Å². The molecule has 7 nitrogen and oxygen atoms in total. The summed E-state index contributed by atoms with van der Waals surface area (Å²) in [5.41, 5.74) is 10.1. The van der Waals surface area contributed by atoms with Gasteiger partial charge in [-0.15, -0.1) is 11.3 Å². The Labute approximate surface area is 165 Å². The van der Waals surface area contributed by atoms with E-state index < -0.39 is 0 Å². The second-order valence-corrected chi connectivity index (χ2v) is 8.15. The van der Waals surface area contributed by atoms with Crippen LogP contribution in [0.25, 0.3) is 32.5 Å². The van der Waals surface area contributed by atoms with Gasteiger partial charge in [0.2, 0.25) is 0 Å². The fraction of sp³-hybridized carbons (Fsp3) is 0.300. The number of nitrogens with zero attached hydrogens (tertiary/aromatic N) is 5. The standard InChI is InChI=1S/C20H20N6OS/c1-25-15-6-5-12(9-13(15)10-23-25)14-11-22-17-16(21)18(28-19(17)24-14)20(27)26-7-3-2-4-8-26/h5-6,9-11H,2-4,7-8,21H2,1H3. The number of hydrogen-bond donors (Lipinski definition) is 1. The van der Waals surface area contributed by atoms with E-state index >= 15 is 0 Å². The van der Waals surface area contributed by atoms with E-state index in [0.717, 1.165) is 48.1 Å². The number of likely N-dealkylation sites (tertiary alicyclic amines) is 1. The number of amides is 1. The summed E-state index contributed by atoms with van der Waals surface area (Å²) in [4.78, 5) is 25.3. The van der Waals surface area contributed by atoms with Crippen molar-refractivity contribution < 1.29 is 4.79 Å². The van der Waals surface area contributed by atoms with Gasteiger partial charge in [-0.2, -0.15) is 5.10 Å². The quantitative estimate of drug-likeness (QED) is 0.564. The first-order chi connectivity index (χ1) is 13.6. The maximum Gasteiger partial charge on any atom is 0.266 e. The summed E-state index contributed by atoms with van der Waals surface area (Å²) in [5.74, 6) is 0.000305. The summed E-state index contributed by atoms with van der Waals surface area (Å²) >= 11 is 1.34. The highest BCUT2D eigenvalue weighted by atomic mass is 32.1. The van der Waals surface area contributed by atoms with Gasteiger partial charge in [-0.3, -0.25) is 9.48 Å². The van der Waals surface area contributed by atoms with Crippen LogP contribution in [0.2, 0.25) is 0 Å². The van der Waals surface area contributed by atoms with Crippen LogP contribution in [0.1, 0.15) is 28.9 Å². The molecule has 1 amide bonds. The average Bonchev–Trinajstić information content (AvgIpc) is 3.27. The summed E-state index contributed by atoms with van der Waals surface area (Å²) < 4.78 is 1.84. The highest BCUT2D eigenvalue weighted by Crippen LogP contribution is 2.34. The van der Waals surface area contributed by atoms with E-state index in [9.17, 15) is 4.79 Å². The number of aromatic nitrogens is 4. The number of nitrogen functional groups attached to an aromatic ring is 1. The van der Waals surface area contributed by atoms with Crippen molar-refractivity contribution in [2.45, 2.75) is 19.3 Å². The number of piperidine rings is 1. The third-order valence-corrected chi connectivity index (χ3v) is 6.40. The average molecular weight is 392 g/mol. The summed E-state index contributed by atoms with van der Waals surface area (Å²) in [6.07, 6.45) is 6.84. The Balaban J connectivity index is 1.54. The first-order valence-electron chi connectivity index (χ1n) is 9.38. The Bertz CT molecular complexity index is 1200. The van der Waals surface area contributed by atoms with Crippen molar-refractivity contribution >= 4 is 44.2 Å². The maximum atomic E-state index is 12.9. The fourth-order valence-corrected chi connectivity index (χ4v) is 4.77. The van der Waals surface area contributed by atoms with Crippen molar-refractivity contribution in [3.05, 3.63) is 35.5 Å². The third kappa shape index (κ3) is 2.72. The molecule has 4 aromatic rings. The molecule has 5 rings (SSSR count). The van der Waals surface area contributed by atoms with E-state index in [4.69, 9.17) is 10.7 Å². The van der Waals surface area contributed by atoms with E-state index in [1.54, 1.807) is 6.20 Å². The number of hydrogen-bond acceptors (Lipinski definition) is 6. The lowest BCUT2D eigenvalue weighted by Crippen LogP contribution is -2.35. The molecule has 0 unspecified atom stereocenters. The van der Waals surface area contributed by atoms with Crippen LogP contribution >= 0.6 is 11.3 Å². The minimum atomic E-state index is 0.000305. The van der Waals surface area contributed by atoms with Crippen molar-refractivity contribution in [1.82, 2.24) is 24.6 Å². The van der Waals surface area contributed by atoms with E-state index in [-0.39, 0.29) is 5.91 Å². The minimum Gasteiger partial charge on any atom is -0.396 e. The van der Waals surface area contributed by atoms with Gasteiger partial charge in [-0.05, 0) is 31.4 Å². The molecule has 1 aromatic carbocycles. The molecule has 142 valence electrons. The molecule has 1 aliphatic rings. The number of rotatable bonds is 2. The molecule has 0 saturated carbocycles. The van der Waals surface area contributed by atoms with E-state index in [1.165, 1.54) is 17.8 Å². The van der Waals surface area contributed by atoms with Crippen molar-refractivity contribution in [1.29, 1.82) is 0 Å². The summed E-state index contributed by atoms with van der Waals surface area (Å²) in [6.45, 7) is 1.59. The van der Waals surface area contributed by atoms with Crippen LogP contribution in [0.15, 0.2) is 30.6 Å². The Kier molecular flexibility index (Phi) is 4.01. The Morgan fingerprint density at radius 2 is 2.00 bits per heavy atom. The highest BCUT2D eigenvalue weighted by molar-refractivity contribution is 7.21. The molecule has 1 fully saturated rings. The molecule has 0 atom stereocenters. The third-order valence-electron chi connectivity index (χ3n) is 5.32. The molecule has 0 spiro atoms. The summed E-state index contributed by atoms with van der Waals surface area (Å²) in [6, 6.07) is 6.09. The van der Waals surface area contributed by atoms with Gasteiger partial charge in [0.15, 0.2) is 0 Å². The van der Waals surface area contributed by atoms with Gasteiger partial charge < -0.3 is 10.6 Å². The smallest absolute Gasteiger partial charge is 0.266 e. The number of nitrogens with two attached hydrogens (primary N) is 1. The van der Waals surface area contributed by atoms with E-state index in [0.29, 0.717) is 20.9 Å². The SMILES string of the molecule is Cn1ncc2cc(-c3cnc4c(N)c(C(=O)N5CCCCC5)sc4n3)ccc21. The molecule has 0 aliphatic carbocycles. The van der Waals surface area contributed by atoms with E-state index in [1.807, 2.05) is 35.0 Å². The largest absolute Gasteiger partial charge is 0.396 e. The van der Waals surface area contributed by atoms with Crippen molar-refractivity contribution in [3.8, 4) is 11.3 Å². The zero-order chi connectivity index (χ0) is 19.3. The first kappa shape index (κ1) is 17.1.